The standard InChI is InChI=1S/C11H15NO3.ClH/c12-9(3-4-13)8-1-2-10-11(7-8)15-6-5-14-10;/h1-2,7,9,13H,3-6,12H2;1H/t9-;/m0./s1. The maximum Gasteiger partial charge on any atom is 0.161 e. The van der Waals surface area contributed by atoms with Crippen LogP contribution in [0.4, 0.5) is 0 Å². The largest absolute Gasteiger partial charge is 0.486 e. The molecule has 0 amide bonds. The molecule has 1 aliphatic heterocycles. The van der Waals surface area contributed by atoms with Crippen LogP contribution in [0.15, 0.2) is 18.2 Å². The van der Waals surface area contributed by atoms with E-state index in [4.69, 9.17) is 20.3 Å². The van der Waals surface area contributed by atoms with Gasteiger partial charge in [-0.2, -0.15) is 0 Å². The Morgan fingerprint density at radius 3 is 2.62 bits per heavy atom. The molecule has 1 atom stereocenters. The van der Waals surface area contributed by atoms with Gasteiger partial charge in [0.05, 0.1) is 0 Å². The van der Waals surface area contributed by atoms with E-state index in [2.05, 4.69) is 0 Å². The van der Waals surface area contributed by atoms with Gasteiger partial charge in [0, 0.05) is 12.6 Å². The second-order valence-corrected chi connectivity index (χ2v) is 3.52. The van der Waals surface area contributed by atoms with Crippen LogP contribution < -0.4 is 15.2 Å². The van der Waals surface area contributed by atoms with Crippen LogP contribution in [0, 0.1) is 0 Å². The van der Waals surface area contributed by atoms with Crippen LogP contribution in [-0.2, 0) is 0 Å². The normalized spacial score (nSPS) is 15.1. The predicted octanol–water partition coefficient (Wildman–Crippen LogP) is 1.26. The lowest BCUT2D eigenvalue weighted by Gasteiger charge is -2.20. The van der Waals surface area contributed by atoms with Crippen LogP contribution in [0.5, 0.6) is 11.5 Å². The summed E-state index contributed by atoms with van der Waals surface area (Å²) in [7, 11) is 0. The smallest absolute Gasteiger partial charge is 0.161 e. The van der Waals surface area contributed by atoms with E-state index in [1.54, 1.807) is 0 Å². The fourth-order valence-corrected chi connectivity index (χ4v) is 1.60. The Morgan fingerprint density at radius 1 is 1.25 bits per heavy atom. The zero-order valence-electron chi connectivity index (χ0n) is 8.89. The topological polar surface area (TPSA) is 64.7 Å². The first kappa shape index (κ1) is 13.1. The van der Waals surface area contributed by atoms with Crippen molar-refractivity contribution in [2.75, 3.05) is 19.8 Å². The minimum Gasteiger partial charge on any atom is -0.486 e. The number of fused-ring (bicyclic) bond motifs is 1. The third-order valence-electron chi connectivity index (χ3n) is 2.43. The number of hydrogen-bond donors (Lipinski definition) is 2. The molecule has 0 aromatic heterocycles. The molecular formula is C11H16ClNO3. The van der Waals surface area contributed by atoms with E-state index in [0.717, 1.165) is 17.1 Å². The average molecular weight is 246 g/mol. The van der Waals surface area contributed by atoms with E-state index < -0.39 is 0 Å². The number of halogens is 1. The zero-order valence-corrected chi connectivity index (χ0v) is 9.70. The predicted molar refractivity (Wildman–Crippen MR) is 63.3 cm³/mol. The van der Waals surface area contributed by atoms with Gasteiger partial charge in [-0.25, -0.2) is 0 Å². The van der Waals surface area contributed by atoms with E-state index in [9.17, 15) is 0 Å². The average Bonchev–Trinajstić information content (AvgIpc) is 2.29. The molecule has 0 fully saturated rings. The summed E-state index contributed by atoms with van der Waals surface area (Å²) < 4.78 is 10.9. The monoisotopic (exact) mass is 245 g/mol. The second-order valence-electron chi connectivity index (χ2n) is 3.52. The van der Waals surface area contributed by atoms with Gasteiger partial charge in [0.25, 0.3) is 0 Å². The quantitative estimate of drug-likeness (QED) is 0.842. The number of nitrogens with two attached hydrogens (primary N) is 1. The molecule has 4 nitrogen and oxygen atoms in total. The van der Waals surface area contributed by atoms with Crippen molar-refractivity contribution in [3.63, 3.8) is 0 Å². The van der Waals surface area contributed by atoms with Crippen LogP contribution in [0.25, 0.3) is 0 Å². The van der Waals surface area contributed by atoms with E-state index in [-0.39, 0.29) is 25.1 Å². The zero-order chi connectivity index (χ0) is 10.7. The van der Waals surface area contributed by atoms with Gasteiger partial charge in [0.2, 0.25) is 0 Å². The molecule has 0 aliphatic carbocycles. The number of hydrogen-bond acceptors (Lipinski definition) is 4. The maximum absolute atomic E-state index is 8.80. The Hall–Kier alpha value is -0.970. The van der Waals surface area contributed by atoms with E-state index in [0.29, 0.717) is 19.6 Å². The Balaban J connectivity index is 0.00000128. The summed E-state index contributed by atoms with van der Waals surface area (Å²) in [5, 5.41) is 8.80. The summed E-state index contributed by atoms with van der Waals surface area (Å²) in [6.07, 6.45) is 0.555. The first-order chi connectivity index (χ1) is 7.31. The molecule has 16 heavy (non-hydrogen) atoms. The highest BCUT2D eigenvalue weighted by molar-refractivity contribution is 5.85. The first-order valence-electron chi connectivity index (χ1n) is 5.07. The molecule has 5 heteroatoms. The number of aliphatic hydroxyl groups excluding tert-OH is 1. The summed E-state index contributed by atoms with van der Waals surface area (Å²) in [5.41, 5.74) is 6.85. The van der Waals surface area contributed by atoms with Crippen LogP contribution in [-0.4, -0.2) is 24.9 Å². The third-order valence-corrected chi connectivity index (χ3v) is 2.43. The molecule has 1 aliphatic rings. The van der Waals surface area contributed by atoms with E-state index >= 15 is 0 Å². The van der Waals surface area contributed by atoms with Gasteiger partial charge < -0.3 is 20.3 Å². The third kappa shape index (κ3) is 2.78. The molecule has 1 aromatic carbocycles. The summed E-state index contributed by atoms with van der Waals surface area (Å²) in [6.45, 7) is 1.26. The number of ether oxygens (including phenoxy) is 2. The van der Waals surface area contributed by atoms with Gasteiger partial charge in [-0.15, -0.1) is 12.4 Å². The molecule has 0 bridgehead atoms. The van der Waals surface area contributed by atoms with E-state index in [1.165, 1.54) is 0 Å². The van der Waals surface area contributed by atoms with Crippen molar-refractivity contribution in [2.45, 2.75) is 12.5 Å². The van der Waals surface area contributed by atoms with Gasteiger partial charge >= 0.3 is 0 Å². The van der Waals surface area contributed by atoms with Crippen molar-refractivity contribution in [3.8, 4) is 11.5 Å². The molecule has 2 rings (SSSR count). The summed E-state index contributed by atoms with van der Waals surface area (Å²) in [6, 6.07) is 5.51. The molecule has 0 saturated carbocycles. The minimum absolute atomic E-state index is 0. The molecule has 1 aromatic rings. The molecule has 0 spiro atoms. The van der Waals surface area contributed by atoms with Gasteiger partial charge in [-0.1, -0.05) is 6.07 Å². The Bertz CT molecular complexity index is 346. The van der Waals surface area contributed by atoms with Crippen LogP contribution in [0.2, 0.25) is 0 Å². The van der Waals surface area contributed by atoms with Crippen LogP contribution in [0.1, 0.15) is 18.0 Å². The van der Waals surface area contributed by atoms with Gasteiger partial charge in [0.15, 0.2) is 11.5 Å². The van der Waals surface area contributed by atoms with Gasteiger partial charge in [0.1, 0.15) is 13.2 Å². The lowest BCUT2D eigenvalue weighted by atomic mass is 10.0. The maximum atomic E-state index is 8.80. The Morgan fingerprint density at radius 2 is 1.94 bits per heavy atom. The highest BCUT2D eigenvalue weighted by atomic mass is 35.5. The van der Waals surface area contributed by atoms with Crippen LogP contribution >= 0.6 is 12.4 Å². The molecule has 0 radical (unpaired) electrons. The number of rotatable bonds is 3. The van der Waals surface area contributed by atoms with Crippen molar-refractivity contribution >= 4 is 12.4 Å². The van der Waals surface area contributed by atoms with Crippen molar-refractivity contribution in [3.05, 3.63) is 23.8 Å². The minimum atomic E-state index is -0.147. The number of aliphatic hydroxyl groups is 1. The lowest BCUT2D eigenvalue weighted by Crippen LogP contribution is -2.17. The van der Waals surface area contributed by atoms with Crippen molar-refractivity contribution in [1.82, 2.24) is 0 Å². The molecule has 0 unspecified atom stereocenters. The van der Waals surface area contributed by atoms with Crippen molar-refractivity contribution < 1.29 is 14.6 Å². The number of benzene rings is 1. The SMILES string of the molecule is Cl.N[C@@H](CCO)c1ccc2c(c1)OCCO2. The highest BCUT2D eigenvalue weighted by Gasteiger charge is 2.14. The lowest BCUT2D eigenvalue weighted by molar-refractivity contribution is 0.171. The highest BCUT2D eigenvalue weighted by Crippen LogP contribution is 2.32. The summed E-state index contributed by atoms with van der Waals surface area (Å²) in [4.78, 5) is 0. The van der Waals surface area contributed by atoms with Crippen LogP contribution in [0.3, 0.4) is 0 Å². The summed E-state index contributed by atoms with van der Waals surface area (Å²) >= 11 is 0. The van der Waals surface area contributed by atoms with Gasteiger partial charge in [-0.3, -0.25) is 0 Å². The molecule has 90 valence electrons. The second kappa shape index (κ2) is 5.94. The van der Waals surface area contributed by atoms with E-state index in [1.807, 2.05) is 18.2 Å². The fraction of sp³-hybridized carbons (Fsp3) is 0.455. The molecule has 3 N–H and O–H groups in total. The molecule has 1 heterocycles. The van der Waals surface area contributed by atoms with Gasteiger partial charge in [-0.05, 0) is 24.1 Å². The Labute approximate surface area is 101 Å². The van der Waals surface area contributed by atoms with Crippen molar-refractivity contribution in [2.24, 2.45) is 5.73 Å². The Kier molecular flexibility index (Phi) is 4.86. The fourth-order valence-electron chi connectivity index (χ4n) is 1.60. The summed E-state index contributed by atoms with van der Waals surface area (Å²) in [5.74, 6) is 1.51. The van der Waals surface area contributed by atoms with Crippen molar-refractivity contribution in [1.29, 1.82) is 0 Å². The molecule has 0 saturated heterocycles. The first-order valence-corrected chi connectivity index (χ1v) is 5.07. The molecular weight excluding hydrogens is 230 g/mol.